The molecule has 33 heavy (non-hydrogen) atoms. The highest BCUT2D eigenvalue weighted by Crippen LogP contribution is 2.52. The molecule has 0 atom stereocenters. The molecule has 3 amide bonds. The Morgan fingerprint density at radius 2 is 1.82 bits per heavy atom. The number of carbonyl (C=O) groups is 3. The Morgan fingerprint density at radius 1 is 1.21 bits per heavy atom. The molecule has 0 radical (unpaired) electrons. The van der Waals surface area contributed by atoms with Gasteiger partial charge in [0, 0.05) is 24.1 Å². The lowest BCUT2D eigenvalue weighted by Gasteiger charge is -2.52. The molecule has 3 fully saturated rings. The van der Waals surface area contributed by atoms with Crippen LogP contribution in [0.4, 0.5) is 0 Å². The second-order valence-electron chi connectivity index (χ2n) is 10.6. The number of nitrogens with one attached hydrogen (secondary N) is 2. The van der Waals surface area contributed by atoms with Gasteiger partial charge in [0.25, 0.3) is 5.91 Å². The monoisotopic (exact) mass is 459 g/mol. The Kier molecular flexibility index (Phi) is 6.91. The Balaban J connectivity index is 1.80. The largest absolute Gasteiger partial charge is 0.477 e. The van der Waals surface area contributed by atoms with Gasteiger partial charge in [-0.1, -0.05) is 13.8 Å². The number of amides is 3. The van der Waals surface area contributed by atoms with Gasteiger partial charge < -0.3 is 21.1 Å². The summed E-state index contributed by atoms with van der Waals surface area (Å²) in [7, 11) is 0. The Labute approximate surface area is 195 Å². The van der Waals surface area contributed by atoms with E-state index in [-0.39, 0.29) is 29.2 Å². The third-order valence-corrected chi connectivity index (χ3v) is 6.83. The van der Waals surface area contributed by atoms with Crippen LogP contribution in [0.2, 0.25) is 0 Å². The van der Waals surface area contributed by atoms with Crippen molar-refractivity contribution in [3.05, 3.63) is 17.8 Å². The minimum absolute atomic E-state index is 0.138. The standard InChI is InChI=1S/C24H37N5O4/c1-16(2)15-33-20-18(14-26-29(20)13-12-22(4,5)27-17(3)30)19(31)28-24-9-6-23(7-10-24,8-11-24)21(25)32/h12-14,16H,6-11,15H2,1-5H3,(H2,25,32)(H,27,30)(H,28,31)/b13-12+. The van der Waals surface area contributed by atoms with E-state index in [9.17, 15) is 14.4 Å². The van der Waals surface area contributed by atoms with Crippen LogP contribution in [-0.4, -0.2) is 45.2 Å². The quantitative estimate of drug-likeness (QED) is 0.523. The summed E-state index contributed by atoms with van der Waals surface area (Å²) in [6.07, 6.45) is 9.35. The van der Waals surface area contributed by atoms with E-state index in [1.807, 2.05) is 27.7 Å². The van der Waals surface area contributed by atoms with Gasteiger partial charge in [-0.15, -0.1) is 0 Å². The molecule has 4 rings (SSSR count). The first-order valence-electron chi connectivity index (χ1n) is 11.7. The molecule has 1 heterocycles. The van der Waals surface area contributed by atoms with E-state index in [2.05, 4.69) is 15.7 Å². The zero-order valence-electron chi connectivity index (χ0n) is 20.4. The normalized spacial score (nSPS) is 24.8. The number of hydrogen-bond acceptors (Lipinski definition) is 5. The van der Waals surface area contributed by atoms with Crippen molar-refractivity contribution in [3.63, 3.8) is 0 Å². The molecule has 4 N–H and O–H groups in total. The highest BCUT2D eigenvalue weighted by atomic mass is 16.5. The third-order valence-electron chi connectivity index (χ3n) is 6.83. The second-order valence-corrected chi connectivity index (χ2v) is 10.6. The van der Waals surface area contributed by atoms with Crippen molar-refractivity contribution in [3.8, 4) is 5.88 Å². The molecule has 0 aliphatic heterocycles. The molecule has 9 heteroatoms. The second kappa shape index (κ2) is 9.19. The van der Waals surface area contributed by atoms with Crippen molar-refractivity contribution < 1.29 is 19.1 Å². The van der Waals surface area contributed by atoms with Crippen LogP contribution in [0.25, 0.3) is 6.20 Å². The molecule has 1 aromatic rings. The topological polar surface area (TPSA) is 128 Å². The maximum absolute atomic E-state index is 13.3. The zero-order valence-corrected chi connectivity index (χ0v) is 20.4. The molecule has 2 bridgehead atoms. The summed E-state index contributed by atoms with van der Waals surface area (Å²) in [5, 5.41) is 10.4. The molecule has 3 saturated carbocycles. The van der Waals surface area contributed by atoms with E-state index in [0.29, 0.717) is 37.3 Å². The van der Waals surface area contributed by atoms with E-state index in [4.69, 9.17) is 10.5 Å². The number of hydrogen-bond donors (Lipinski definition) is 3. The van der Waals surface area contributed by atoms with Crippen LogP contribution in [0.5, 0.6) is 5.88 Å². The van der Waals surface area contributed by atoms with Crippen LogP contribution in [0.3, 0.4) is 0 Å². The maximum Gasteiger partial charge on any atom is 0.258 e. The number of aromatic nitrogens is 2. The van der Waals surface area contributed by atoms with Crippen LogP contribution in [0, 0.1) is 11.3 Å². The Morgan fingerprint density at radius 3 is 2.33 bits per heavy atom. The maximum atomic E-state index is 13.3. The predicted octanol–water partition coefficient (Wildman–Crippen LogP) is 2.61. The van der Waals surface area contributed by atoms with Gasteiger partial charge in [-0.3, -0.25) is 14.4 Å². The van der Waals surface area contributed by atoms with Crippen molar-refractivity contribution in [1.82, 2.24) is 20.4 Å². The molecule has 0 aromatic carbocycles. The van der Waals surface area contributed by atoms with E-state index in [1.54, 1.807) is 12.3 Å². The molecule has 0 spiro atoms. The molecule has 9 nitrogen and oxygen atoms in total. The van der Waals surface area contributed by atoms with Gasteiger partial charge >= 0.3 is 0 Å². The fourth-order valence-electron chi connectivity index (χ4n) is 4.81. The van der Waals surface area contributed by atoms with Gasteiger partial charge in [-0.2, -0.15) is 5.10 Å². The van der Waals surface area contributed by atoms with Gasteiger partial charge in [-0.05, 0) is 64.4 Å². The van der Waals surface area contributed by atoms with E-state index >= 15 is 0 Å². The summed E-state index contributed by atoms with van der Waals surface area (Å²) < 4.78 is 7.52. The molecule has 0 unspecified atom stereocenters. The van der Waals surface area contributed by atoms with E-state index in [0.717, 1.165) is 19.3 Å². The van der Waals surface area contributed by atoms with Crippen LogP contribution < -0.4 is 21.1 Å². The highest BCUT2D eigenvalue weighted by Gasteiger charge is 2.52. The summed E-state index contributed by atoms with van der Waals surface area (Å²) in [6, 6.07) is 0. The fourth-order valence-corrected chi connectivity index (χ4v) is 4.81. The SMILES string of the molecule is CC(=O)NC(C)(C)/C=C/n1ncc(C(=O)NC23CCC(C(N)=O)(CC2)CC3)c1OCC(C)C. The van der Waals surface area contributed by atoms with Gasteiger partial charge in [0.15, 0.2) is 0 Å². The number of carbonyl (C=O) groups excluding carboxylic acids is 3. The average Bonchev–Trinajstić information content (AvgIpc) is 3.14. The number of rotatable bonds is 9. The van der Waals surface area contributed by atoms with Crippen LogP contribution in [-0.2, 0) is 9.59 Å². The predicted molar refractivity (Wildman–Crippen MR) is 125 cm³/mol. The summed E-state index contributed by atoms with van der Waals surface area (Å²) in [4.78, 5) is 36.7. The fraction of sp³-hybridized carbons (Fsp3) is 0.667. The Bertz CT molecular complexity index is 922. The first-order valence-corrected chi connectivity index (χ1v) is 11.7. The molecule has 1 aromatic heterocycles. The van der Waals surface area contributed by atoms with Crippen molar-refractivity contribution in [1.29, 1.82) is 0 Å². The lowest BCUT2D eigenvalue weighted by Crippen LogP contribution is -2.59. The average molecular weight is 460 g/mol. The van der Waals surface area contributed by atoms with E-state index < -0.39 is 11.0 Å². The first-order chi connectivity index (χ1) is 15.4. The van der Waals surface area contributed by atoms with Crippen LogP contribution >= 0.6 is 0 Å². The van der Waals surface area contributed by atoms with Gasteiger partial charge in [0.2, 0.25) is 17.7 Å². The molecule has 3 aliphatic carbocycles. The number of primary amides is 1. The van der Waals surface area contributed by atoms with Crippen molar-refractivity contribution in [2.45, 2.75) is 84.2 Å². The molecule has 0 saturated heterocycles. The van der Waals surface area contributed by atoms with Gasteiger partial charge in [0.05, 0.1) is 18.3 Å². The summed E-state index contributed by atoms with van der Waals surface area (Å²) in [6.45, 7) is 9.70. The molecular formula is C24H37N5O4. The minimum Gasteiger partial charge on any atom is -0.477 e. The highest BCUT2D eigenvalue weighted by molar-refractivity contribution is 5.97. The molecular weight excluding hydrogens is 422 g/mol. The van der Waals surface area contributed by atoms with Crippen molar-refractivity contribution in [2.24, 2.45) is 17.1 Å². The third kappa shape index (κ3) is 5.57. The van der Waals surface area contributed by atoms with Crippen molar-refractivity contribution >= 4 is 23.9 Å². The molecule has 182 valence electrons. The minimum atomic E-state index is -0.592. The smallest absolute Gasteiger partial charge is 0.258 e. The van der Waals surface area contributed by atoms with Gasteiger partial charge in [-0.25, -0.2) is 4.68 Å². The summed E-state index contributed by atoms with van der Waals surface area (Å²) >= 11 is 0. The van der Waals surface area contributed by atoms with Gasteiger partial charge in [0.1, 0.15) is 5.56 Å². The number of nitrogens with zero attached hydrogens (tertiary/aromatic N) is 2. The van der Waals surface area contributed by atoms with E-state index in [1.165, 1.54) is 17.8 Å². The molecule has 3 aliphatic rings. The van der Waals surface area contributed by atoms with Crippen molar-refractivity contribution in [2.75, 3.05) is 6.61 Å². The zero-order chi connectivity index (χ0) is 24.4. The lowest BCUT2D eigenvalue weighted by atomic mass is 9.57. The number of fused-ring (bicyclic) bond motifs is 3. The number of ether oxygens (including phenoxy) is 1. The summed E-state index contributed by atoms with van der Waals surface area (Å²) in [5.74, 6) is 0.0395. The Hall–Kier alpha value is -2.84. The first kappa shape index (κ1) is 24.8. The summed E-state index contributed by atoms with van der Waals surface area (Å²) in [5.41, 5.74) is 4.70. The number of nitrogens with two attached hydrogens (primary N) is 1. The van der Waals surface area contributed by atoms with Crippen LogP contribution in [0.1, 0.15) is 83.5 Å². The lowest BCUT2D eigenvalue weighted by molar-refractivity contribution is -0.134. The van der Waals surface area contributed by atoms with Crippen LogP contribution in [0.15, 0.2) is 12.3 Å².